The Morgan fingerprint density at radius 1 is 0.957 bits per heavy atom. The number of benzene rings is 1. The number of carbonyl (C=O) groups is 1. The van der Waals surface area contributed by atoms with E-state index in [1.54, 1.807) is 0 Å². The molecule has 2 aliphatic carbocycles. The molecule has 23 heavy (non-hydrogen) atoms. The van der Waals surface area contributed by atoms with Gasteiger partial charge >= 0.3 is 5.97 Å². The van der Waals surface area contributed by atoms with E-state index in [0.29, 0.717) is 11.7 Å². The van der Waals surface area contributed by atoms with Gasteiger partial charge in [-0.05, 0) is 68.1 Å². The van der Waals surface area contributed by atoms with Crippen LogP contribution in [-0.2, 0) is 4.79 Å². The fourth-order valence-corrected chi connectivity index (χ4v) is 4.25. The Morgan fingerprint density at radius 2 is 1.61 bits per heavy atom. The highest BCUT2D eigenvalue weighted by molar-refractivity contribution is 5.75. The van der Waals surface area contributed by atoms with Gasteiger partial charge in [0.05, 0.1) is 5.92 Å². The fourth-order valence-electron chi connectivity index (χ4n) is 4.25. The molecule has 126 valence electrons. The molecule has 0 N–H and O–H groups in total. The van der Waals surface area contributed by atoms with Gasteiger partial charge in [-0.1, -0.05) is 44.7 Å². The lowest BCUT2D eigenvalue weighted by Gasteiger charge is -2.26. The summed E-state index contributed by atoms with van der Waals surface area (Å²) in [6, 6.07) is 8.29. The lowest BCUT2D eigenvalue weighted by atomic mass is 9.81. The predicted molar refractivity (Wildman–Crippen MR) is 93.6 cm³/mol. The number of esters is 1. The van der Waals surface area contributed by atoms with Gasteiger partial charge in [0.15, 0.2) is 0 Å². The second-order valence-corrected chi connectivity index (χ2v) is 7.45. The first-order valence-corrected chi connectivity index (χ1v) is 9.58. The van der Waals surface area contributed by atoms with Crippen LogP contribution in [0.1, 0.15) is 82.6 Å². The Balaban J connectivity index is 1.52. The van der Waals surface area contributed by atoms with E-state index in [9.17, 15) is 4.79 Å². The highest BCUT2D eigenvalue weighted by Gasteiger charge is 2.27. The van der Waals surface area contributed by atoms with E-state index in [4.69, 9.17) is 4.74 Å². The van der Waals surface area contributed by atoms with E-state index < -0.39 is 0 Å². The molecule has 0 atom stereocenters. The predicted octanol–water partition coefficient (Wildman–Crippen LogP) is 5.86. The molecule has 0 saturated heterocycles. The van der Waals surface area contributed by atoms with Crippen LogP contribution in [0, 0.1) is 11.8 Å². The first-order valence-electron chi connectivity index (χ1n) is 9.58. The lowest BCUT2D eigenvalue weighted by Crippen LogP contribution is -2.25. The van der Waals surface area contributed by atoms with Gasteiger partial charge in [-0.15, -0.1) is 0 Å². The van der Waals surface area contributed by atoms with Crippen molar-refractivity contribution in [1.82, 2.24) is 0 Å². The van der Waals surface area contributed by atoms with Gasteiger partial charge in [-0.3, -0.25) is 4.79 Å². The number of ether oxygens (including phenoxy) is 1. The molecule has 0 amide bonds. The zero-order chi connectivity index (χ0) is 16.1. The summed E-state index contributed by atoms with van der Waals surface area (Å²) in [4.78, 5) is 12.3. The zero-order valence-electron chi connectivity index (χ0n) is 14.4. The van der Waals surface area contributed by atoms with E-state index in [0.717, 1.165) is 18.8 Å². The molecule has 0 spiro atoms. The number of carbonyl (C=O) groups excluding carboxylic acids is 1. The average molecular weight is 314 g/mol. The summed E-state index contributed by atoms with van der Waals surface area (Å²) in [6.07, 6.45) is 12.3. The summed E-state index contributed by atoms with van der Waals surface area (Å²) in [7, 11) is 0. The second kappa shape index (κ2) is 7.99. The number of hydrogen-bond donors (Lipinski definition) is 0. The summed E-state index contributed by atoms with van der Waals surface area (Å²) in [5.74, 6) is 2.32. The van der Waals surface area contributed by atoms with Crippen molar-refractivity contribution in [2.75, 3.05) is 0 Å². The maximum absolute atomic E-state index is 12.3. The van der Waals surface area contributed by atoms with Crippen LogP contribution < -0.4 is 4.74 Å². The van der Waals surface area contributed by atoms with Crippen LogP contribution in [0.2, 0.25) is 0 Å². The monoisotopic (exact) mass is 314 g/mol. The summed E-state index contributed by atoms with van der Waals surface area (Å²) >= 11 is 0. The molecule has 0 radical (unpaired) electrons. The molecular formula is C21H30O2. The Morgan fingerprint density at radius 3 is 2.22 bits per heavy atom. The third kappa shape index (κ3) is 4.37. The molecule has 0 unspecified atom stereocenters. The van der Waals surface area contributed by atoms with Gasteiger partial charge in [0.2, 0.25) is 0 Å². The minimum absolute atomic E-state index is 0.0232. The van der Waals surface area contributed by atoms with Gasteiger partial charge in [0.25, 0.3) is 0 Å². The highest BCUT2D eigenvalue weighted by atomic mass is 16.5. The van der Waals surface area contributed by atoms with Crippen LogP contribution in [-0.4, -0.2) is 5.97 Å². The van der Waals surface area contributed by atoms with Crippen molar-refractivity contribution >= 4 is 5.97 Å². The van der Waals surface area contributed by atoms with Gasteiger partial charge in [-0.25, -0.2) is 0 Å². The van der Waals surface area contributed by atoms with Crippen molar-refractivity contribution < 1.29 is 9.53 Å². The molecule has 0 aromatic heterocycles. The van der Waals surface area contributed by atoms with Crippen molar-refractivity contribution in [2.45, 2.75) is 77.0 Å². The van der Waals surface area contributed by atoms with Crippen molar-refractivity contribution in [3.63, 3.8) is 0 Å². The van der Waals surface area contributed by atoms with Crippen LogP contribution in [0.4, 0.5) is 0 Å². The minimum atomic E-state index is -0.0232. The average Bonchev–Trinajstić information content (AvgIpc) is 2.63. The molecule has 2 nitrogen and oxygen atoms in total. The molecule has 2 aliphatic rings. The van der Waals surface area contributed by atoms with Crippen molar-refractivity contribution in [2.24, 2.45) is 11.8 Å². The topological polar surface area (TPSA) is 26.3 Å². The van der Waals surface area contributed by atoms with Crippen molar-refractivity contribution in [3.8, 4) is 5.75 Å². The normalized spacial score (nSPS) is 26.0. The zero-order valence-corrected chi connectivity index (χ0v) is 14.4. The van der Waals surface area contributed by atoms with Crippen LogP contribution in [0.15, 0.2) is 24.3 Å². The fraction of sp³-hybridized carbons (Fsp3) is 0.667. The van der Waals surface area contributed by atoms with E-state index in [-0.39, 0.29) is 11.9 Å². The van der Waals surface area contributed by atoms with Crippen LogP contribution in [0.25, 0.3) is 0 Å². The van der Waals surface area contributed by atoms with Crippen LogP contribution >= 0.6 is 0 Å². The Labute approximate surface area is 140 Å². The third-order valence-corrected chi connectivity index (χ3v) is 5.93. The molecule has 1 aromatic carbocycles. The van der Waals surface area contributed by atoms with Crippen LogP contribution in [0.5, 0.6) is 5.75 Å². The Kier molecular flexibility index (Phi) is 5.75. The van der Waals surface area contributed by atoms with E-state index >= 15 is 0 Å². The molecule has 0 aliphatic heterocycles. The summed E-state index contributed by atoms with van der Waals surface area (Å²) < 4.78 is 5.63. The van der Waals surface area contributed by atoms with E-state index in [1.807, 2.05) is 12.1 Å². The largest absolute Gasteiger partial charge is 0.426 e. The van der Waals surface area contributed by atoms with Gasteiger partial charge < -0.3 is 4.74 Å². The molecule has 3 rings (SSSR count). The molecule has 2 heteroatoms. The summed E-state index contributed by atoms with van der Waals surface area (Å²) in [5.41, 5.74) is 1.41. The molecular weight excluding hydrogens is 284 g/mol. The van der Waals surface area contributed by atoms with Gasteiger partial charge in [0, 0.05) is 0 Å². The van der Waals surface area contributed by atoms with E-state index in [2.05, 4.69) is 19.1 Å². The number of hydrogen-bond acceptors (Lipinski definition) is 2. The standard InChI is InChI=1S/C21H30O2/c1-2-16-8-10-19(11-9-16)21(22)23-20-14-12-18(13-15-20)17-6-4-3-5-7-17/h12-17,19H,2-11H2,1H3. The van der Waals surface area contributed by atoms with Crippen molar-refractivity contribution in [1.29, 1.82) is 0 Å². The lowest BCUT2D eigenvalue weighted by molar-refractivity contribution is -0.140. The van der Waals surface area contributed by atoms with Crippen molar-refractivity contribution in [3.05, 3.63) is 29.8 Å². The Hall–Kier alpha value is -1.31. The molecule has 0 bridgehead atoms. The molecule has 2 fully saturated rings. The quantitative estimate of drug-likeness (QED) is 0.514. The summed E-state index contributed by atoms with van der Waals surface area (Å²) in [6.45, 7) is 2.25. The van der Waals surface area contributed by atoms with E-state index in [1.165, 1.54) is 56.9 Å². The molecule has 1 aromatic rings. The molecule has 0 heterocycles. The van der Waals surface area contributed by atoms with Gasteiger partial charge in [-0.2, -0.15) is 0 Å². The SMILES string of the molecule is CCC1CCC(C(=O)Oc2ccc(C3CCCCC3)cc2)CC1. The number of rotatable bonds is 4. The maximum Gasteiger partial charge on any atom is 0.314 e. The third-order valence-electron chi connectivity index (χ3n) is 5.93. The second-order valence-electron chi connectivity index (χ2n) is 7.45. The summed E-state index contributed by atoms with van der Waals surface area (Å²) in [5, 5.41) is 0. The highest BCUT2D eigenvalue weighted by Crippen LogP contribution is 2.34. The first-order chi connectivity index (χ1) is 11.3. The smallest absolute Gasteiger partial charge is 0.314 e. The molecule has 2 saturated carbocycles. The Bertz CT molecular complexity index is 491. The first kappa shape index (κ1) is 16.5. The minimum Gasteiger partial charge on any atom is -0.426 e. The van der Waals surface area contributed by atoms with Gasteiger partial charge in [0.1, 0.15) is 5.75 Å². The maximum atomic E-state index is 12.3. The van der Waals surface area contributed by atoms with Crippen LogP contribution in [0.3, 0.4) is 0 Å².